The number of aliphatic hydroxyl groups is 1. The summed E-state index contributed by atoms with van der Waals surface area (Å²) in [5, 5.41) is 19.6. The maximum absolute atomic E-state index is 12.3. The van der Waals surface area contributed by atoms with Crippen molar-refractivity contribution in [3.05, 3.63) is 10.6 Å². The lowest BCUT2D eigenvalue weighted by Gasteiger charge is -2.46. The van der Waals surface area contributed by atoms with Crippen LogP contribution in [0.15, 0.2) is 10.6 Å². The second kappa shape index (κ2) is 6.32. The van der Waals surface area contributed by atoms with Crippen LogP contribution in [0.5, 0.6) is 0 Å². The Kier molecular flexibility index (Phi) is 4.61. The van der Waals surface area contributed by atoms with E-state index in [9.17, 15) is 24.6 Å². The Balaban J connectivity index is 1.74. The molecule has 4 atom stereocenters. The molecule has 0 radical (unpaired) electrons. The van der Waals surface area contributed by atoms with Gasteiger partial charge in [0, 0.05) is 35.1 Å². The van der Waals surface area contributed by atoms with E-state index in [2.05, 4.69) is 0 Å². The normalized spacial score (nSPS) is 30.3. The van der Waals surface area contributed by atoms with E-state index in [4.69, 9.17) is 0 Å². The van der Waals surface area contributed by atoms with Gasteiger partial charge in [0.1, 0.15) is 5.70 Å². The third-order valence-corrected chi connectivity index (χ3v) is 6.71. The Morgan fingerprint density at radius 1 is 1.24 bits per heavy atom. The minimum Gasteiger partial charge on any atom is -0.477 e. The summed E-state index contributed by atoms with van der Waals surface area (Å²) in [6, 6.07) is -0.283. The smallest absolute Gasteiger partial charge is 0.353 e. The Hall–Kier alpha value is -1.54. The molecule has 2 N–H and O–H groups in total. The van der Waals surface area contributed by atoms with Gasteiger partial charge in [0.15, 0.2) is 0 Å². The van der Waals surface area contributed by atoms with Crippen molar-refractivity contribution < 1.29 is 24.6 Å². The van der Waals surface area contributed by atoms with Gasteiger partial charge < -0.3 is 20.0 Å². The molecule has 3 heterocycles. The number of rotatable bonds is 5. The van der Waals surface area contributed by atoms with E-state index in [1.807, 2.05) is 20.8 Å². The number of aliphatic carboxylic acids is 1. The summed E-state index contributed by atoms with van der Waals surface area (Å²) in [7, 11) is 0. The summed E-state index contributed by atoms with van der Waals surface area (Å²) in [6.45, 7) is 8.40. The number of thioether (sulfide) groups is 1. The molecule has 2 saturated heterocycles. The molecule has 0 bridgehead atoms. The molecule has 0 aliphatic carbocycles. The van der Waals surface area contributed by atoms with Gasteiger partial charge in [-0.25, -0.2) is 4.79 Å². The van der Waals surface area contributed by atoms with Gasteiger partial charge in [-0.15, -0.1) is 11.8 Å². The summed E-state index contributed by atoms with van der Waals surface area (Å²) in [5.41, 5.74) is 0.0537. The number of carboxylic acid groups (broad SMARTS) is 1. The van der Waals surface area contributed by atoms with Crippen LogP contribution in [0, 0.1) is 17.8 Å². The number of β-lactam (4-membered cyclic amide) rings is 1. The average molecular weight is 368 g/mol. The van der Waals surface area contributed by atoms with Crippen molar-refractivity contribution in [1.82, 2.24) is 9.80 Å². The predicted molar refractivity (Wildman–Crippen MR) is 92.4 cm³/mol. The van der Waals surface area contributed by atoms with E-state index in [1.165, 1.54) is 16.7 Å². The zero-order valence-electron chi connectivity index (χ0n) is 14.8. The molecule has 0 aromatic rings. The Labute approximate surface area is 151 Å². The van der Waals surface area contributed by atoms with Gasteiger partial charge in [-0.1, -0.05) is 20.8 Å². The van der Waals surface area contributed by atoms with Crippen molar-refractivity contribution in [3.63, 3.8) is 0 Å². The molecule has 0 aromatic carbocycles. The van der Waals surface area contributed by atoms with Gasteiger partial charge in [-0.2, -0.15) is 0 Å². The molecule has 25 heavy (non-hydrogen) atoms. The van der Waals surface area contributed by atoms with Crippen LogP contribution in [0.3, 0.4) is 0 Å². The molecule has 8 heteroatoms. The highest BCUT2D eigenvalue weighted by Crippen LogP contribution is 2.51. The third-order valence-electron chi connectivity index (χ3n) is 5.26. The number of carboxylic acids is 1. The molecule has 0 unspecified atom stereocenters. The van der Waals surface area contributed by atoms with Crippen molar-refractivity contribution in [2.75, 3.05) is 13.1 Å². The lowest BCUT2D eigenvalue weighted by Crippen LogP contribution is -2.63. The molecule has 2 amide bonds. The van der Waals surface area contributed by atoms with Gasteiger partial charge in [-0.3, -0.25) is 9.59 Å². The first-order valence-corrected chi connectivity index (χ1v) is 9.47. The van der Waals surface area contributed by atoms with E-state index in [0.29, 0.717) is 18.0 Å². The van der Waals surface area contributed by atoms with Crippen LogP contribution in [0.1, 0.15) is 27.7 Å². The Morgan fingerprint density at radius 3 is 2.32 bits per heavy atom. The van der Waals surface area contributed by atoms with Crippen LogP contribution in [-0.2, 0) is 14.4 Å². The van der Waals surface area contributed by atoms with Crippen LogP contribution < -0.4 is 0 Å². The highest BCUT2D eigenvalue weighted by molar-refractivity contribution is 8.03. The minimum atomic E-state index is -1.11. The van der Waals surface area contributed by atoms with Crippen molar-refractivity contribution in [2.45, 2.75) is 45.1 Å². The fourth-order valence-electron chi connectivity index (χ4n) is 3.92. The fraction of sp³-hybridized carbons (Fsp3) is 0.706. The summed E-state index contributed by atoms with van der Waals surface area (Å²) < 4.78 is 0. The van der Waals surface area contributed by atoms with Crippen LogP contribution in [0.2, 0.25) is 0 Å². The summed E-state index contributed by atoms with van der Waals surface area (Å²) in [6.07, 6.45) is -0.793. The first kappa shape index (κ1) is 18.3. The number of likely N-dealkylation sites (tertiary alicyclic amines) is 1. The second-order valence-electron chi connectivity index (χ2n) is 7.41. The molecule has 0 aromatic heterocycles. The standard InChI is InChI=1S/C17H24N2O5S/c1-7(2)15(21)18-5-10(6-18)25-14-8(3)12-11(9(4)20)16(22)19(12)13(14)17(23)24/h7-12,20H,5-6H2,1-4H3,(H,23,24)/t8-,9-,11-,12-/m1/s1. The predicted octanol–water partition coefficient (Wildman–Crippen LogP) is 0.740. The quantitative estimate of drug-likeness (QED) is 0.695. The van der Waals surface area contributed by atoms with Crippen molar-refractivity contribution in [2.24, 2.45) is 17.8 Å². The van der Waals surface area contributed by atoms with Gasteiger partial charge in [-0.05, 0) is 6.92 Å². The van der Waals surface area contributed by atoms with E-state index in [0.717, 1.165) is 0 Å². The molecule has 3 aliphatic heterocycles. The number of amides is 2. The summed E-state index contributed by atoms with van der Waals surface area (Å²) in [5.74, 6) is -2.02. The average Bonchev–Trinajstić information content (AvgIpc) is 2.70. The molecule has 138 valence electrons. The maximum atomic E-state index is 12.3. The summed E-state index contributed by atoms with van der Waals surface area (Å²) in [4.78, 5) is 39.8. The maximum Gasteiger partial charge on any atom is 0.353 e. The number of carbonyl (C=O) groups is 3. The van der Waals surface area contributed by atoms with E-state index in [1.54, 1.807) is 11.8 Å². The number of fused-ring (bicyclic) bond motifs is 1. The number of hydrogen-bond donors (Lipinski definition) is 2. The van der Waals surface area contributed by atoms with Gasteiger partial charge in [0.2, 0.25) is 11.8 Å². The second-order valence-corrected chi connectivity index (χ2v) is 8.75. The lowest BCUT2D eigenvalue weighted by molar-refractivity contribution is -0.163. The molecule has 3 aliphatic rings. The highest BCUT2D eigenvalue weighted by Gasteiger charge is 2.60. The van der Waals surface area contributed by atoms with E-state index in [-0.39, 0.29) is 40.6 Å². The fourth-order valence-corrected chi connectivity index (χ4v) is 5.44. The van der Waals surface area contributed by atoms with E-state index < -0.39 is 18.0 Å². The lowest BCUT2D eigenvalue weighted by atomic mass is 9.79. The molecule has 0 saturated carbocycles. The zero-order valence-corrected chi connectivity index (χ0v) is 15.6. The van der Waals surface area contributed by atoms with Crippen LogP contribution >= 0.6 is 11.8 Å². The van der Waals surface area contributed by atoms with Crippen molar-refractivity contribution in [3.8, 4) is 0 Å². The molecule has 3 rings (SSSR count). The first-order valence-electron chi connectivity index (χ1n) is 8.59. The van der Waals surface area contributed by atoms with Crippen LogP contribution in [0.25, 0.3) is 0 Å². The van der Waals surface area contributed by atoms with Gasteiger partial charge in [0.05, 0.1) is 18.1 Å². The molecular weight excluding hydrogens is 344 g/mol. The number of hydrogen-bond acceptors (Lipinski definition) is 5. The number of nitrogens with zero attached hydrogens (tertiary/aromatic N) is 2. The van der Waals surface area contributed by atoms with Gasteiger partial charge >= 0.3 is 5.97 Å². The molecule has 0 spiro atoms. The molecule has 7 nitrogen and oxygen atoms in total. The largest absolute Gasteiger partial charge is 0.477 e. The Morgan fingerprint density at radius 2 is 1.84 bits per heavy atom. The Bertz CT molecular complexity index is 653. The van der Waals surface area contributed by atoms with E-state index >= 15 is 0 Å². The van der Waals surface area contributed by atoms with Gasteiger partial charge in [0.25, 0.3) is 0 Å². The highest BCUT2D eigenvalue weighted by atomic mass is 32.2. The molecule has 2 fully saturated rings. The number of aliphatic hydroxyl groups excluding tert-OH is 1. The minimum absolute atomic E-state index is 0.0449. The first-order chi connectivity index (χ1) is 11.6. The zero-order chi connectivity index (χ0) is 18.6. The summed E-state index contributed by atoms with van der Waals surface area (Å²) >= 11 is 1.46. The topological polar surface area (TPSA) is 98.2 Å². The number of carbonyl (C=O) groups excluding carboxylic acids is 2. The van der Waals surface area contributed by atoms with Crippen molar-refractivity contribution >= 4 is 29.5 Å². The van der Waals surface area contributed by atoms with Crippen LogP contribution in [-0.4, -0.2) is 68.3 Å². The van der Waals surface area contributed by atoms with Crippen molar-refractivity contribution in [1.29, 1.82) is 0 Å². The SMILES string of the molecule is CC(C)C(=O)N1CC(SC2=C(C(=O)O)N3C(=O)[C@H]([C@@H](C)O)[C@H]3[C@H]2C)C1. The monoisotopic (exact) mass is 368 g/mol. The third kappa shape index (κ3) is 2.75. The van der Waals surface area contributed by atoms with Crippen LogP contribution in [0.4, 0.5) is 0 Å². The molecular formula is C17H24N2O5S.